The van der Waals surface area contributed by atoms with Crippen LogP contribution in [0.25, 0.3) is 0 Å². The molecule has 2 heteroatoms. The fourth-order valence-electron chi connectivity index (χ4n) is 0.887. The fraction of sp³-hybridized carbons (Fsp3) is 0.800. The number of hydrogen-bond donors (Lipinski definition) is 1. The van der Waals surface area contributed by atoms with Gasteiger partial charge in [0, 0.05) is 6.61 Å². The van der Waals surface area contributed by atoms with Gasteiger partial charge in [0.05, 0.1) is 12.2 Å². The highest BCUT2D eigenvalue weighted by molar-refractivity contribution is 4.75. The van der Waals surface area contributed by atoms with E-state index in [-0.39, 0.29) is 6.10 Å². The molecule has 0 rings (SSSR count). The third kappa shape index (κ3) is 5.33. The van der Waals surface area contributed by atoms with E-state index in [0.717, 1.165) is 19.4 Å². The maximum atomic E-state index is 9.42. The third-order valence-corrected chi connectivity index (χ3v) is 1.83. The topological polar surface area (TPSA) is 29.5 Å². The van der Waals surface area contributed by atoms with E-state index < -0.39 is 6.10 Å². The molecule has 0 amide bonds. The maximum absolute atomic E-state index is 9.42. The molecule has 0 bridgehead atoms. The maximum Gasteiger partial charge on any atom is 0.0833 e. The highest BCUT2D eigenvalue weighted by atomic mass is 16.5. The zero-order valence-corrected chi connectivity index (χ0v) is 8.12. The summed E-state index contributed by atoms with van der Waals surface area (Å²) in [6.07, 6.45) is 4.03. The van der Waals surface area contributed by atoms with Crippen LogP contribution in [-0.2, 0) is 4.74 Å². The van der Waals surface area contributed by atoms with Gasteiger partial charge < -0.3 is 9.84 Å². The molecule has 0 aliphatic carbocycles. The first-order chi connectivity index (χ1) is 5.72. The molecule has 0 saturated heterocycles. The van der Waals surface area contributed by atoms with E-state index in [9.17, 15) is 5.11 Å². The van der Waals surface area contributed by atoms with Crippen molar-refractivity contribution in [2.45, 2.75) is 45.3 Å². The molecule has 0 saturated carbocycles. The van der Waals surface area contributed by atoms with Crippen LogP contribution in [0.2, 0.25) is 0 Å². The van der Waals surface area contributed by atoms with Crippen LogP contribution in [0.15, 0.2) is 12.7 Å². The lowest BCUT2D eigenvalue weighted by Gasteiger charge is -2.17. The van der Waals surface area contributed by atoms with Crippen molar-refractivity contribution in [2.75, 3.05) is 6.61 Å². The number of rotatable bonds is 7. The van der Waals surface area contributed by atoms with E-state index >= 15 is 0 Å². The van der Waals surface area contributed by atoms with E-state index in [2.05, 4.69) is 13.5 Å². The molecule has 2 atom stereocenters. The molecule has 12 heavy (non-hydrogen) atoms. The van der Waals surface area contributed by atoms with E-state index in [1.165, 1.54) is 0 Å². The quantitative estimate of drug-likeness (QED) is 0.471. The molecule has 0 radical (unpaired) electrons. The van der Waals surface area contributed by atoms with Gasteiger partial charge in [-0.05, 0) is 19.8 Å². The lowest BCUT2D eigenvalue weighted by molar-refractivity contribution is -0.0257. The van der Waals surface area contributed by atoms with Gasteiger partial charge >= 0.3 is 0 Å². The zero-order chi connectivity index (χ0) is 9.40. The molecule has 0 aromatic carbocycles. The van der Waals surface area contributed by atoms with E-state index in [1.54, 1.807) is 6.08 Å². The number of aliphatic hydroxyl groups is 1. The minimum Gasteiger partial charge on any atom is -0.390 e. The molecule has 0 aromatic heterocycles. The molecular weight excluding hydrogens is 152 g/mol. The van der Waals surface area contributed by atoms with Gasteiger partial charge in [-0.2, -0.15) is 0 Å². The molecule has 0 aliphatic heterocycles. The first kappa shape index (κ1) is 11.7. The van der Waals surface area contributed by atoms with Gasteiger partial charge in [0.2, 0.25) is 0 Å². The number of aliphatic hydroxyl groups excluding tert-OH is 1. The minimum atomic E-state index is -0.403. The van der Waals surface area contributed by atoms with Crippen LogP contribution in [0.3, 0.4) is 0 Å². The van der Waals surface area contributed by atoms with Crippen LogP contribution in [-0.4, -0.2) is 23.9 Å². The Morgan fingerprint density at radius 3 is 2.75 bits per heavy atom. The standard InChI is InChI=1S/C10H20O2/c1-4-6-8-12-9(3)10(11)7-5-2/h5,9-11H,2,4,6-8H2,1,3H3/t9-,10-/m1/s1. The van der Waals surface area contributed by atoms with Crippen LogP contribution in [0, 0.1) is 0 Å². The van der Waals surface area contributed by atoms with Crippen molar-refractivity contribution in [1.29, 1.82) is 0 Å². The minimum absolute atomic E-state index is 0.0745. The first-order valence-corrected chi connectivity index (χ1v) is 4.63. The Morgan fingerprint density at radius 2 is 2.25 bits per heavy atom. The Kier molecular flexibility index (Phi) is 7.11. The molecule has 0 unspecified atom stereocenters. The van der Waals surface area contributed by atoms with Crippen LogP contribution in [0.5, 0.6) is 0 Å². The Hall–Kier alpha value is -0.340. The van der Waals surface area contributed by atoms with Crippen molar-refractivity contribution < 1.29 is 9.84 Å². The Bertz CT molecular complexity index is 112. The Morgan fingerprint density at radius 1 is 1.58 bits per heavy atom. The van der Waals surface area contributed by atoms with Crippen LogP contribution in [0.1, 0.15) is 33.1 Å². The SMILES string of the molecule is C=CC[C@@H](O)[C@@H](C)OCCCC. The van der Waals surface area contributed by atoms with Gasteiger partial charge in [0.25, 0.3) is 0 Å². The van der Waals surface area contributed by atoms with E-state index in [1.807, 2.05) is 6.92 Å². The molecule has 0 heterocycles. The van der Waals surface area contributed by atoms with Crippen molar-refractivity contribution in [3.63, 3.8) is 0 Å². The second kappa shape index (κ2) is 7.32. The average Bonchev–Trinajstić information content (AvgIpc) is 2.05. The lowest BCUT2D eigenvalue weighted by Crippen LogP contribution is -2.25. The summed E-state index contributed by atoms with van der Waals surface area (Å²) in [7, 11) is 0. The summed E-state index contributed by atoms with van der Waals surface area (Å²) < 4.78 is 5.40. The van der Waals surface area contributed by atoms with Gasteiger partial charge in [-0.3, -0.25) is 0 Å². The second-order valence-corrected chi connectivity index (χ2v) is 3.02. The number of unbranched alkanes of at least 4 members (excludes halogenated alkanes) is 1. The van der Waals surface area contributed by atoms with Crippen molar-refractivity contribution >= 4 is 0 Å². The highest BCUT2D eigenvalue weighted by Crippen LogP contribution is 2.04. The summed E-state index contributed by atoms with van der Waals surface area (Å²) in [5, 5.41) is 9.42. The van der Waals surface area contributed by atoms with Crippen molar-refractivity contribution in [3.8, 4) is 0 Å². The fourth-order valence-corrected chi connectivity index (χ4v) is 0.887. The average molecular weight is 172 g/mol. The third-order valence-electron chi connectivity index (χ3n) is 1.83. The van der Waals surface area contributed by atoms with Gasteiger partial charge in [-0.25, -0.2) is 0 Å². The molecule has 0 spiro atoms. The molecule has 72 valence electrons. The van der Waals surface area contributed by atoms with Crippen molar-refractivity contribution in [1.82, 2.24) is 0 Å². The zero-order valence-electron chi connectivity index (χ0n) is 8.12. The molecule has 0 aromatic rings. The normalized spacial score (nSPS) is 15.6. The Balaban J connectivity index is 3.41. The predicted octanol–water partition coefficient (Wildman–Crippen LogP) is 2.13. The van der Waals surface area contributed by atoms with Gasteiger partial charge in [0.15, 0.2) is 0 Å². The largest absolute Gasteiger partial charge is 0.390 e. The summed E-state index contributed by atoms with van der Waals surface area (Å²) in [5.74, 6) is 0. The Labute approximate surface area is 75.2 Å². The number of hydrogen-bond acceptors (Lipinski definition) is 2. The van der Waals surface area contributed by atoms with Crippen molar-refractivity contribution in [2.24, 2.45) is 0 Å². The van der Waals surface area contributed by atoms with Gasteiger partial charge in [-0.1, -0.05) is 19.4 Å². The lowest BCUT2D eigenvalue weighted by atomic mass is 10.1. The van der Waals surface area contributed by atoms with Gasteiger partial charge in [0.1, 0.15) is 0 Å². The summed E-state index contributed by atoms with van der Waals surface area (Å²) in [4.78, 5) is 0. The van der Waals surface area contributed by atoms with Crippen LogP contribution in [0.4, 0.5) is 0 Å². The summed E-state index contributed by atoms with van der Waals surface area (Å²) in [5.41, 5.74) is 0. The summed E-state index contributed by atoms with van der Waals surface area (Å²) >= 11 is 0. The molecule has 0 aliphatic rings. The van der Waals surface area contributed by atoms with E-state index in [0.29, 0.717) is 6.42 Å². The van der Waals surface area contributed by atoms with Gasteiger partial charge in [-0.15, -0.1) is 6.58 Å². The monoisotopic (exact) mass is 172 g/mol. The summed E-state index contributed by atoms with van der Waals surface area (Å²) in [6, 6.07) is 0. The van der Waals surface area contributed by atoms with Crippen LogP contribution < -0.4 is 0 Å². The molecular formula is C10H20O2. The van der Waals surface area contributed by atoms with E-state index in [4.69, 9.17) is 4.74 Å². The number of ether oxygens (including phenoxy) is 1. The predicted molar refractivity (Wildman–Crippen MR) is 51.1 cm³/mol. The van der Waals surface area contributed by atoms with Crippen molar-refractivity contribution in [3.05, 3.63) is 12.7 Å². The smallest absolute Gasteiger partial charge is 0.0833 e. The molecule has 2 nitrogen and oxygen atoms in total. The molecule has 1 N–H and O–H groups in total. The first-order valence-electron chi connectivity index (χ1n) is 4.63. The van der Waals surface area contributed by atoms with Crippen LogP contribution >= 0.6 is 0 Å². The second-order valence-electron chi connectivity index (χ2n) is 3.02. The highest BCUT2D eigenvalue weighted by Gasteiger charge is 2.11. The summed E-state index contributed by atoms with van der Waals surface area (Å²) in [6.45, 7) is 8.32. The molecule has 0 fully saturated rings.